The van der Waals surface area contributed by atoms with Gasteiger partial charge < -0.3 is 14.7 Å². The van der Waals surface area contributed by atoms with Crippen molar-refractivity contribution in [1.82, 2.24) is 25.3 Å². The first-order valence-corrected chi connectivity index (χ1v) is 7.67. The fraction of sp³-hybridized carbons (Fsp3) is 0.857. The van der Waals surface area contributed by atoms with Crippen LogP contribution in [0, 0.1) is 0 Å². The second kappa shape index (κ2) is 6.20. The van der Waals surface area contributed by atoms with Crippen LogP contribution in [-0.2, 0) is 0 Å². The molecule has 0 saturated carbocycles. The van der Waals surface area contributed by atoms with Gasteiger partial charge in [0, 0.05) is 12.5 Å². The molecule has 6 heteroatoms. The number of nitrogens with zero attached hydrogens (tertiary/aromatic N) is 4. The molecule has 20 heavy (non-hydrogen) atoms. The second-order valence-corrected chi connectivity index (χ2v) is 6.13. The SMILES string of the molecule is CN1CCCN(C)C(c2noc(C3CCNCC3)n2)C1. The molecule has 1 N–H and O–H groups in total. The Kier molecular flexibility index (Phi) is 4.33. The predicted octanol–water partition coefficient (Wildman–Crippen LogP) is 0.845. The molecule has 0 bridgehead atoms. The fourth-order valence-electron chi connectivity index (χ4n) is 3.17. The van der Waals surface area contributed by atoms with Gasteiger partial charge in [-0.05, 0) is 59.5 Å². The number of hydrogen-bond donors (Lipinski definition) is 1. The van der Waals surface area contributed by atoms with Crippen molar-refractivity contribution in [2.45, 2.75) is 31.2 Å². The minimum atomic E-state index is 0.252. The lowest BCUT2D eigenvalue weighted by molar-refractivity contribution is 0.214. The lowest BCUT2D eigenvalue weighted by atomic mass is 9.98. The first-order valence-electron chi connectivity index (χ1n) is 7.67. The number of rotatable bonds is 2. The molecular formula is C14H25N5O. The highest BCUT2D eigenvalue weighted by Crippen LogP contribution is 2.26. The summed E-state index contributed by atoms with van der Waals surface area (Å²) >= 11 is 0. The van der Waals surface area contributed by atoms with Crippen molar-refractivity contribution < 1.29 is 4.52 Å². The Hall–Kier alpha value is -0.980. The van der Waals surface area contributed by atoms with Crippen molar-refractivity contribution in [2.24, 2.45) is 0 Å². The fourth-order valence-corrected chi connectivity index (χ4v) is 3.17. The number of aromatic nitrogens is 2. The summed E-state index contributed by atoms with van der Waals surface area (Å²) < 4.78 is 5.55. The zero-order valence-electron chi connectivity index (χ0n) is 12.5. The Labute approximate surface area is 120 Å². The Morgan fingerprint density at radius 3 is 2.80 bits per heavy atom. The lowest BCUT2D eigenvalue weighted by Crippen LogP contribution is -2.31. The third kappa shape index (κ3) is 3.02. The number of likely N-dealkylation sites (N-methyl/N-ethyl adjacent to an activating group) is 2. The molecule has 3 heterocycles. The highest BCUT2D eigenvalue weighted by molar-refractivity contribution is 5.01. The summed E-state index contributed by atoms with van der Waals surface area (Å²) in [5, 5.41) is 7.64. The van der Waals surface area contributed by atoms with Gasteiger partial charge in [0.05, 0.1) is 6.04 Å². The first-order chi connectivity index (χ1) is 9.74. The van der Waals surface area contributed by atoms with Crippen LogP contribution in [0.1, 0.15) is 42.9 Å². The van der Waals surface area contributed by atoms with Crippen LogP contribution in [0.4, 0.5) is 0 Å². The number of piperidine rings is 1. The monoisotopic (exact) mass is 279 g/mol. The van der Waals surface area contributed by atoms with Gasteiger partial charge in [-0.1, -0.05) is 5.16 Å². The van der Waals surface area contributed by atoms with Crippen LogP contribution in [0.2, 0.25) is 0 Å². The summed E-state index contributed by atoms with van der Waals surface area (Å²) in [6.07, 6.45) is 3.40. The summed E-state index contributed by atoms with van der Waals surface area (Å²) in [6.45, 7) is 5.30. The van der Waals surface area contributed by atoms with Crippen molar-refractivity contribution >= 4 is 0 Å². The maximum Gasteiger partial charge on any atom is 0.229 e. The molecule has 6 nitrogen and oxygen atoms in total. The lowest BCUT2D eigenvalue weighted by Gasteiger charge is -2.24. The van der Waals surface area contributed by atoms with Gasteiger partial charge in [0.15, 0.2) is 5.82 Å². The van der Waals surface area contributed by atoms with Gasteiger partial charge in [-0.3, -0.25) is 4.90 Å². The van der Waals surface area contributed by atoms with E-state index in [4.69, 9.17) is 9.51 Å². The van der Waals surface area contributed by atoms with Crippen LogP contribution in [-0.4, -0.2) is 66.8 Å². The maximum atomic E-state index is 5.55. The predicted molar refractivity (Wildman–Crippen MR) is 76.6 cm³/mol. The van der Waals surface area contributed by atoms with Gasteiger partial charge in [0.1, 0.15) is 0 Å². The van der Waals surface area contributed by atoms with Crippen molar-refractivity contribution in [2.75, 3.05) is 46.8 Å². The summed E-state index contributed by atoms with van der Waals surface area (Å²) in [7, 11) is 4.32. The Balaban J connectivity index is 1.74. The molecule has 1 aromatic heterocycles. The molecule has 0 aliphatic carbocycles. The Morgan fingerprint density at radius 2 is 2.00 bits per heavy atom. The first kappa shape index (κ1) is 14.0. The highest BCUT2D eigenvalue weighted by atomic mass is 16.5. The average molecular weight is 279 g/mol. The molecule has 3 rings (SSSR count). The summed E-state index contributed by atoms with van der Waals surface area (Å²) in [4.78, 5) is 9.41. The zero-order valence-corrected chi connectivity index (χ0v) is 12.5. The van der Waals surface area contributed by atoms with Gasteiger partial charge in [-0.2, -0.15) is 4.98 Å². The van der Waals surface area contributed by atoms with Gasteiger partial charge in [-0.25, -0.2) is 0 Å². The average Bonchev–Trinajstić information content (AvgIpc) is 2.88. The molecule has 112 valence electrons. The van der Waals surface area contributed by atoms with E-state index in [9.17, 15) is 0 Å². The molecule has 0 spiro atoms. The van der Waals surface area contributed by atoms with Crippen LogP contribution >= 0.6 is 0 Å². The van der Waals surface area contributed by atoms with Crippen molar-refractivity contribution in [3.63, 3.8) is 0 Å². The molecule has 2 fully saturated rings. The van der Waals surface area contributed by atoms with E-state index in [2.05, 4.69) is 34.4 Å². The van der Waals surface area contributed by atoms with Gasteiger partial charge in [-0.15, -0.1) is 0 Å². The summed E-state index contributed by atoms with van der Waals surface area (Å²) in [6, 6.07) is 0.252. The van der Waals surface area contributed by atoms with Gasteiger partial charge in [0.25, 0.3) is 0 Å². The molecule has 2 aliphatic heterocycles. The zero-order chi connectivity index (χ0) is 13.9. The number of hydrogen-bond acceptors (Lipinski definition) is 6. The summed E-state index contributed by atoms with van der Waals surface area (Å²) in [5.74, 6) is 2.13. The van der Waals surface area contributed by atoms with Crippen LogP contribution in [0.5, 0.6) is 0 Å². The van der Waals surface area contributed by atoms with Crippen LogP contribution in [0.25, 0.3) is 0 Å². The maximum absolute atomic E-state index is 5.55. The van der Waals surface area contributed by atoms with E-state index >= 15 is 0 Å². The Bertz CT molecular complexity index is 429. The van der Waals surface area contributed by atoms with Crippen molar-refractivity contribution in [3.8, 4) is 0 Å². The van der Waals surface area contributed by atoms with Crippen molar-refractivity contribution in [1.29, 1.82) is 0 Å². The molecule has 0 radical (unpaired) electrons. The van der Waals surface area contributed by atoms with E-state index < -0.39 is 0 Å². The van der Waals surface area contributed by atoms with E-state index in [1.54, 1.807) is 0 Å². The van der Waals surface area contributed by atoms with E-state index in [1.807, 2.05) is 0 Å². The standard InChI is InChI=1S/C14H25N5O/c1-18-8-3-9-19(2)12(10-18)13-16-14(20-17-13)11-4-6-15-7-5-11/h11-12,15H,3-10H2,1-2H3. The molecular weight excluding hydrogens is 254 g/mol. The highest BCUT2D eigenvalue weighted by Gasteiger charge is 2.28. The largest absolute Gasteiger partial charge is 0.339 e. The molecule has 0 amide bonds. The topological polar surface area (TPSA) is 57.4 Å². The van der Waals surface area contributed by atoms with E-state index in [1.165, 1.54) is 6.42 Å². The van der Waals surface area contributed by atoms with E-state index in [0.29, 0.717) is 5.92 Å². The van der Waals surface area contributed by atoms with Crippen LogP contribution in [0.15, 0.2) is 4.52 Å². The van der Waals surface area contributed by atoms with Crippen LogP contribution in [0.3, 0.4) is 0 Å². The van der Waals surface area contributed by atoms with Gasteiger partial charge in [0.2, 0.25) is 5.89 Å². The molecule has 0 aromatic carbocycles. The van der Waals surface area contributed by atoms with E-state index in [0.717, 1.165) is 57.3 Å². The van der Waals surface area contributed by atoms with Crippen molar-refractivity contribution in [3.05, 3.63) is 11.7 Å². The normalized spacial score (nSPS) is 27.6. The third-order valence-electron chi connectivity index (χ3n) is 4.51. The minimum Gasteiger partial charge on any atom is -0.339 e. The van der Waals surface area contributed by atoms with Gasteiger partial charge >= 0.3 is 0 Å². The minimum absolute atomic E-state index is 0.252. The van der Waals surface area contributed by atoms with E-state index in [-0.39, 0.29) is 6.04 Å². The van der Waals surface area contributed by atoms with Crippen LogP contribution < -0.4 is 5.32 Å². The summed E-state index contributed by atoms with van der Waals surface area (Å²) in [5.41, 5.74) is 0. The molecule has 2 saturated heterocycles. The molecule has 2 aliphatic rings. The molecule has 1 unspecified atom stereocenters. The molecule has 1 aromatic rings. The second-order valence-electron chi connectivity index (χ2n) is 6.13. The Morgan fingerprint density at radius 1 is 1.20 bits per heavy atom. The quantitative estimate of drug-likeness (QED) is 0.866. The number of nitrogens with one attached hydrogen (secondary N) is 1. The third-order valence-corrected chi connectivity index (χ3v) is 4.51. The molecule has 1 atom stereocenters. The smallest absolute Gasteiger partial charge is 0.229 e.